The number of aliphatic hydroxyl groups excluding tert-OH is 1. The van der Waals surface area contributed by atoms with Crippen LogP contribution in [0.2, 0.25) is 0 Å². The Labute approximate surface area is 107 Å². The Hall–Kier alpha value is -1.18. The predicted octanol–water partition coefficient (Wildman–Crippen LogP) is 2.39. The highest BCUT2D eigenvalue weighted by Gasteiger charge is 2.16. The second-order valence-electron chi connectivity index (χ2n) is 4.05. The average Bonchev–Trinajstić information content (AvgIpc) is 2.33. The van der Waals surface area contributed by atoms with Gasteiger partial charge in [-0.05, 0) is 37.8 Å². The van der Waals surface area contributed by atoms with Gasteiger partial charge in [0.05, 0.1) is 17.9 Å². The fraction of sp³-hybridized carbons (Fsp3) is 0.462. The van der Waals surface area contributed by atoms with E-state index in [1.807, 2.05) is 38.3 Å². The number of rotatable bonds is 5. The summed E-state index contributed by atoms with van der Waals surface area (Å²) >= 11 is 1.62. The fourth-order valence-corrected chi connectivity index (χ4v) is 2.28. The second-order valence-corrected chi connectivity index (χ2v) is 5.13. The lowest BCUT2D eigenvalue weighted by Crippen LogP contribution is -2.31. The first-order chi connectivity index (χ1) is 8.12. The van der Waals surface area contributed by atoms with Crippen molar-refractivity contribution >= 4 is 17.4 Å². The van der Waals surface area contributed by atoms with E-state index in [1.165, 1.54) is 0 Å². The van der Waals surface area contributed by atoms with Crippen molar-refractivity contribution in [1.29, 1.82) is 5.26 Å². The molecule has 0 aliphatic heterocycles. The van der Waals surface area contributed by atoms with Gasteiger partial charge >= 0.3 is 0 Å². The van der Waals surface area contributed by atoms with E-state index in [0.717, 1.165) is 11.3 Å². The van der Waals surface area contributed by atoms with Gasteiger partial charge in [0.25, 0.3) is 0 Å². The van der Waals surface area contributed by atoms with Gasteiger partial charge in [-0.25, -0.2) is 0 Å². The summed E-state index contributed by atoms with van der Waals surface area (Å²) in [5.74, 6) is 0. The van der Waals surface area contributed by atoms with E-state index in [2.05, 4.69) is 11.4 Å². The topological polar surface area (TPSA) is 56.0 Å². The molecule has 92 valence electrons. The molecular formula is C13H18N2OS. The Morgan fingerprint density at radius 1 is 1.53 bits per heavy atom. The van der Waals surface area contributed by atoms with Gasteiger partial charge < -0.3 is 10.4 Å². The van der Waals surface area contributed by atoms with Crippen LogP contribution in [0.1, 0.15) is 18.1 Å². The number of nitriles is 1. The number of hydrogen-bond donors (Lipinski definition) is 2. The quantitative estimate of drug-likeness (QED) is 0.842. The molecule has 0 fully saturated rings. The molecule has 0 aliphatic rings. The summed E-state index contributed by atoms with van der Waals surface area (Å²) in [5.41, 5.74) is 2.55. The van der Waals surface area contributed by atoms with Crippen LogP contribution in [0.25, 0.3) is 0 Å². The van der Waals surface area contributed by atoms with Crippen molar-refractivity contribution in [3.05, 3.63) is 29.3 Å². The van der Waals surface area contributed by atoms with Crippen molar-refractivity contribution < 1.29 is 5.11 Å². The highest BCUT2D eigenvalue weighted by molar-refractivity contribution is 7.99. The second kappa shape index (κ2) is 6.53. The number of nitrogens with zero attached hydrogens (tertiary/aromatic N) is 1. The van der Waals surface area contributed by atoms with Gasteiger partial charge in [-0.3, -0.25) is 0 Å². The SMILES string of the molecule is CSC(CO)C(C)Nc1ccc(C)cc1C#N. The Balaban J connectivity index is 2.85. The van der Waals surface area contributed by atoms with E-state index >= 15 is 0 Å². The van der Waals surface area contributed by atoms with E-state index in [-0.39, 0.29) is 17.9 Å². The molecule has 17 heavy (non-hydrogen) atoms. The summed E-state index contributed by atoms with van der Waals surface area (Å²) in [6.07, 6.45) is 1.97. The molecule has 0 aliphatic carbocycles. The molecule has 0 bridgehead atoms. The minimum absolute atomic E-state index is 0.116. The van der Waals surface area contributed by atoms with E-state index in [1.54, 1.807) is 11.8 Å². The van der Waals surface area contributed by atoms with Crippen molar-refractivity contribution in [2.75, 3.05) is 18.2 Å². The van der Waals surface area contributed by atoms with Gasteiger partial charge in [-0.2, -0.15) is 17.0 Å². The van der Waals surface area contributed by atoms with Crippen LogP contribution >= 0.6 is 11.8 Å². The number of aryl methyl sites for hydroxylation is 1. The zero-order valence-electron chi connectivity index (χ0n) is 10.4. The van der Waals surface area contributed by atoms with Crippen molar-refractivity contribution in [3.63, 3.8) is 0 Å². The molecule has 0 radical (unpaired) electrons. The number of anilines is 1. The van der Waals surface area contributed by atoms with Crippen LogP contribution in [0.4, 0.5) is 5.69 Å². The molecule has 3 nitrogen and oxygen atoms in total. The van der Waals surface area contributed by atoms with Gasteiger partial charge in [0.2, 0.25) is 0 Å². The maximum absolute atomic E-state index is 9.22. The molecule has 1 aromatic rings. The van der Waals surface area contributed by atoms with Gasteiger partial charge in [0.15, 0.2) is 0 Å². The van der Waals surface area contributed by atoms with Crippen LogP contribution < -0.4 is 5.32 Å². The molecule has 2 unspecified atom stereocenters. The lowest BCUT2D eigenvalue weighted by atomic mass is 10.1. The molecule has 0 spiro atoms. The Bertz CT molecular complexity index is 410. The first kappa shape index (κ1) is 13.9. The Kier molecular flexibility index (Phi) is 5.33. The molecule has 0 saturated carbocycles. The van der Waals surface area contributed by atoms with Gasteiger partial charge in [-0.15, -0.1) is 0 Å². The number of aliphatic hydroxyl groups is 1. The standard InChI is InChI=1S/C13H18N2OS/c1-9-4-5-12(11(6-9)7-14)15-10(2)13(8-16)17-3/h4-6,10,13,15-16H,8H2,1-3H3. The van der Waals surface area contributed by atoms with Crippen LogP contribution in [0.3, 0.4) is 0 Å². The summed E-state index contributed by atoms with van der Waals surface area (Å²) in [7, 11) is 0. The third-order valence-electron chi connectivity index (χ3n) is 2.72. The zero-order valence-corrected chi connectivity index (χ0v) is 11.2. The number of nitrogens with one attached hydrogen (secondary N) is 1. The molecule has 0 saturated heterocycles. The third-order valence-corrected chi connectivity index (χ3v) is 3.88. The van der Waals surface area contributed by atoms with Crippen molar-refractivity contribution in [3.8, 4) is 6.07 Å². The number of benzene rings is 1. The third kappa shape index (κ3) is 3.65. The van der Waals surface area contributed by atoms with Crippen molar-refractivity contribution in [1.82, 2.24) is 0 Å². The van der Waals surface area contributed by atoms with Crippen LogP contribution in [0.15, 0.2) is 18.2 Å². The summed E-state index contributed by atoms with van der Waals surface area (Å²) in [6.45, 7) is 4.11. The summed E-state index contributed by atoms with van der Waals surface area (Å²) < 4.78 is 0. The van der Waals surface area contributed by atoms with Crippen LogP contribution in [-0.4, -0.2) is 29.3 Å². The minimum Gasteiger partial charge on any atom is -0.395 e. The van der Waals surface area contributed by atoms with Crippen LogP contribution in [0, 0.1) is 18.3 Å². The zero-order chi connectivity index (χ0) is 12.8. The lowest BCUT2D eigenvalue weighted by Gasteiger charge is -2.23. The Morgan fingerprint density at radius 2 is 2.24 bits per heavy atom. The summed E-state index contributed by atoms with van der Waals surface area (Å²) in [4.78, 5) is 0. The van der Waals surface area contributed by atoms with E-state index in [4.69, 9.17) is 5.26 Å². The number of hydrogen-bond acceptors (Lipinski definition) is 4. The molecule has 0 heterocycles. The van der Waals surface area contributed by atoms with Crippen molar-refractivity contribution in [2.45, 2.75) is 25.1 Å². The van der Waals surface area contributed by atoms with Crippen LogP contribution in [-0.2, 0) is 0 Å². The van der Waals surface area contributed by atoms with Gasteiger partial charge in [-0.1, -0.05) is 6.07 Å². The molecule has 0 aromatic heterocycles. The monoisotopic (exact) mass is 250 g/mol. The molecule has 1 aromatic carbocycles. The first-order valence-electron chi connectivity index (χ1n) is 5.53. The van der Waals surface area contributed by atoms with E-state index in [0.29, 0.717) is 5.56 Å². The summed E-state index contributed by atoms with van der Waals surface area (Å²) in [5, 5.41) is 21.7. The first-order valence-corrected chi connectivity index (χ1v) is 6.82. The molecule has 2 atom stereocenters. The molecule has 4 heteroatoms. The van der Waals surface area contributed by atoms with Gasteiger partial charge in [0.1, 0.15) is 6.07 Å². The smallest absolute Gasteiger partial charge is 0.101 e. The Morgan fingerprint density at radius 3 is 2.76 bits per heavy atom. The minimum atomic E-state index is 0.116. The molecule has 2 N–H and O–H groups in total. The highest BCUT2D eigenvalue weighted by atomic mass is 32.2. The number of thioether (sulfide) groups is 1. The maximum atomic E-state index is 9.22. The van der Waals surface area contributed by atoms with Crippen molar-refractivity contribution in [2.24, 2.45) is 0 Å². The van der Waals surface area contributed by atoms with E-state index < -0.39 is 0 Å². The predicted molar refractivity (Wildman–Crippen MR) is 73.4 cm³/mol. The van der Waals surface area contributed by atoms with Gasteiger partial charge in [0, 0.05) is 11.3 Å². The highest BCUT2D eigenvalue weighted by Crippen LogP contribution is 2.20. The maximum Gasteiger partial charge on any atom is 0.101 e. The fourth-order valence-electron chi connectivity index (χ4n) is 1.65. The molecule has 1 rings (SSSR count). The molecule has 0 amide bonds. The summed E-state index contributed by atoms with van der Waals surface area (Å²) in [6, 6.07) is 8.05. The average molecular weight is 250 g/mol. The normalized spacial score (nSPS) is 13.8. The molecular weight excluding hydrogens is 232 g/mol. The van der Waals surface area contributed by atoms with E-state index in [9.17, 15) is 5.11 Å². The largest absolute Gasteiger partial charge is 0.395 e. The lowest BCUT2D eigenvalue weighted by molar-refractivity contribution is 0.288. The van der Waals surface area contributed by atoms with Crippen LogP contribution in [0.5, 0.6) is 0 Å².